The van der Waals surface area contributed by atoms with E-state index in [0.717, 1.165) is 12.1 Å². The van der Waals surface area contributed by atoms with Crippen LogP contribution in [0.5, 0.6) is 0 Å². The molecule has 31 heavy (non-hydrogen) atoms. The minimum absolute atomic E-state index is 0.108. The van der Waals surface area contributed by atoms with Gasteiger partial charge in [-0.2, -0.15) is 18.4 Å². The second kappa shape index (κ2) is 8.86. The van der Waals surface area contributed by atoms with Crippen molar-refractivity contribution >= 4 is 33.0 Å². The topological polar surface area (TPSA) is 107 Å². The fourth-order valence-corrected chi connectivity index (χ4v) is 3.99. The number of amides is 1. The van der Waals surface area contributed by atoms with E-state index in [2.05, 4.69) is 5.32 Å². The van der Waals surface area contributed by atoms with E-state index in [0.29, 0.717) is 6.07 Å². The zero-order chi connectivity index (χ0) is 23.6. The van der Waals surface area contributed by atoms with Gasteiger partial charge in [-0.1, -0.05) is 23.7 Å². The number of alkyl halides is 3. The molecule has 1 unspecified atom stereocenters. The summed E-state index contributed by atoms with van der Waals surface area (Å²) in [5, 5.41) is 21.5. The van der Waals surface area contributed by atoms with Gasteiger partial charge in [0.1, 0.15) is 0 Å². The zero-order valence-electron chi connectivity index (χ0n) is 16.4. The van der Waals surface area contributed by atoms with Gasteiger partial charge in [0, 0.05) is 10.7 Å². The molecule has 0 spiro atoms. The lowest BCUT2D eigenvalue weighted by atomic mass is 9.94. The molecule has 6 nitrogen and oxygen atoms in total. The molecule has 0 saturated heterocycles. The van der Waals surface area contributed by atoms with Gasteiger partial charge < -0.3 is 10.4 Å². The Bertz CT molecular complexity index is 1130. The Hall–Kier alpha value is -2.61. The summed E-state index contributed by atoms with van der Waals surface area (Å²) in [5.74, 6) is -2.26. The first-order valence-corrected chi connectivity index (χ1v) is 10.9. The summed E-state index contributed by atoms with van der Waals surface area (Å²) in [6.07, 6.45) is -4.86. The number of benzene rings is 2. The van der Waals surface area contributed by atoms with E-state index in [1.807, 2.05) is 0 Å². The van der Waals surface area contributed by atoms with E-state index in [4.69, 9.17) is 16.9 Å². The Morgan fingerprint density at radius 3 is 2.26 bits per heavy atom. The van der Waals surface area contributed by atoms with Crippen molar-refractivity contribution in [2.75, 3.05) is 11.1 Å². The van der Waals surface area contributed by atoms with Gasteiger partial charge in [0.2, 0.25) is 0 Å². The Morgan fingerprint density at radius 2 is 1.77 bits per heavy atom. The summed E-state index contributed by atoms with van der Waals surface area (Å²) < 4.78 is 64.5. The maximum atomic E-state index is 13.2. The number of halogens is 4. The molecule has 0 saturated carbocycles. The number of hydrogen-bond acceptors (Lipinski definition) is 5. The van der Waals surface area contributed by atoms with Crippen molar-refractivity contribution in [3.63, 3.8) is 0 Å². The number of rotatable bonds is 6. The maximum absolute atomic E-state index is 13.2. The maximum Gasteiger partial charge on any atom is 0.417 e. The minimum Gasteiger partial charge on any atom is -0.374 e. The first-order chi connectivity index (χ1) is 14.2. The molecule has 0 heterocycles. The van der Waals surface area contributed by atoms with Gasteiger partial charge in [-0.15, -0.1) is 0 Å². The standard InChI is InChI=1S/C20H18ClF3N2O4S/c1-12(2)31(29,30)11-19(28,14-4-6-15(21)7-5-14)18(27)26-16-8-3-13(10-25)17(9-16)20(22,23)24/h3-9,12,28H,11H2,1-2H3,(H,26,27). The molecule has 2 aromatic rings. The van der Waals surface area contributed by atoms with Crippen LogP contribution in [0.4, 0.5) is 18.9 Å². The van der Waals surface area contributed by atoms with Crippen LogP contribution in [0.2, 0.25) is 5.02 Å². The number of nitriles is 1. The van der Waals surface area contributed by atoms with Crippen LogP contribution < -0.4 is 5.32 Å². The summed E-state index contributed by atoms with van der Waals surface area (Å²) >= 11 is 5.81. The van der Waals surface area contributed by atoms with E-state index in [1.54, 1.807) is 0 Å². The van der Waals surface area contributed by atoms with Crippen molar-refractivity contribution < 1.29 is 31.5 Å². The monoisotopic (exact) mass is 474 g/mol. The first kappa shape index (κ1) is 24.7. The average Bonchev–Trinajstić information content (AvgIpc) is 2.67. The quantitative estimate of drug-likeness (QED) is 0.660. The summed E-state index contributed by atoms with van der Waals surface area (Å²) in [7, 11) is -3.96. The molecule has 2 aromatic carbocycles. The molecule has 1 amide bonds. The number of carbonyl (C=O) groups is 1. The molecule has 11 heteroatoms. The van der Waals surface area contributed by atoms with Crippen molar-refractivity contribution in [3.8, 4) is 6.07 Å². The van der Waals surface area contributed by atoms with Crippen molar-refractivity contribution in [2.45, 2.75) is 30.9 Å². The summed E-state index contributed by atoms with van der Waals surface area (Å²) in [4.78, 5) is 12.9. The second-order valence-corrected chi connectivity index (χ2v) is 10.0. The SMILES string of the molecule is CC(C)S(=O)(=O)CC(O)(C(=O)Nc1ccc(C#N)c(C(F)(F)F)c1)c1ccc(Cl)cc1. The number of sulfone groups is 1. The van der Waals surface area contributed by atoms with Crippen molar-refractivity contribution in [3.05, 3.63) is 64.2 Å². The van der Waals surface area contributed by atoms with Crippen LogP contribution in [0.1, 0.15) is 30.5 Å². The molecule has 166 valence electrons. The second-order valence-electron chi connectivity index (χ2n) is 7.05. The average molecular weight is 475 g/mol. The van der Waals surface area contributed by atoms with Crippen molar-refractivity contribution in [1.29, 1.82) is 5.26 Å². The third-order valence-electron chi connectivity index (χ3n) is 4.53. The van der Waals surface area contributed by atoms with E-state index in [1.165, 1.54) is 44.2 Å². The molecule has 1 atom stereocenters. The highest BCUT2D eigenvalue weighted by Gasteiger charge is 2.43. The summed E-state index contributed by atoms with van der Waals surface area (Å²) in [6.45, 7) is 2.73. The van der Waals surface area contributed by atoms with Gasteiger partial charge >= 0.3 is 6.18 Å². The number of hydrogen-bond donors (Lipinski definition) is 2. The lowest BCUT2D eigenvalue weighted by Gasteiger charge is -2.28. The number of carbonyl (C=O) groups excluding carboxylic acids is 1. The van der Waals surface area contributed by atoms with E-state index < -0.39 is 49.7 Å². The van der Waals surface area contributed by atoms with Crippen LogP contribution in [0.15, 0.2) is 42.5 Å². The van der Waals surface area contributed by atoms with Crippen LogP contribution in [-0.4, -0.2) is 30.4 Å². The van der Waals surface area contributed by atoms with E-state index in [-0.39, 0.29) is 16.3 Å². The largest absolute Gasteiger partial charge is 0.417 e. The number of aliphatic hydroxyl groups is 1. The molecular weight excluding hydrogens is 457 g/mol. The highest BCUT2D eigenvalue weighted by Crippen LogP contribution is 2.34. The molecular formula is C20H18ClF3N2O4S. The molecule has 0 fully saturated rings. The van der Waals surface area contributed by atoms with Gasteiger partial charge in [0.05, 0.1) is 28.2 Å². The minimum atomic E-state index is -4.86. The fourth-order valence-electron chi connectivity index (χ4n) is 2.65. The third kappa shape index (κ3) is 5.55. The van der Waals surface area contributed by atoms with Crippen LogP contribution >= 0.6 is 11.6 Å². The predicted molar refractivity (Wildman–Crippen MR) is 109 cm³/mol. The highest BCUT2D eigenvalue weighted by atomic mass is 35.5. The number of nitrogens with one attached hydrogen (secondary N) is 1. The van der Waals surface area contributed by atoms with Crippen LogP contribution in [-0.2, 0) is 26.4 Å². The molecule has 2 N–H and O–H groups in total. The number of nitrogens with zero attached hydrogens (tertiary/aromatic N) is 1. The van der Waals surface area contributed by atoms with Gasteiger partial charge in [0.25, 0.3) is 5.91 Å². The Balaban J connectivity index is 2.52. The molecule has 0 bridgehead atoms. The van der Waals surface area contributed by atoms with Crippen LogP contribution in [0.25, 0.3) is 0 Å². The Morgan fingerprint density at radius 1 is 1.19 bits per heavy atom. The van der Waals surface area contributed by atoms with Crippen LogP contribution in [0.3, 0.4) is 0 Å². The fraction of sp³-hybridized carbons (Fsp3) is 0.300. The molecule has 0 radical (unpaired) electrons. The molecule has 2 rings (SSSR count). The predicted octanol–water partition coefficient (Wildman–Crippen LogP) is 3.88. The van der Waals surface area contributed by atoms with Crippen molar-refractivity contribution in [1.82, 2.24) is 0 Å². The molecule has 0 aliphatic heterocycles. The van der Waals surface area contributed by atoms with Crippen LogP contribution in [0, 0.1) is 11.3 Å². The van der Waals surface area contributed by atoms with Gasteiger partial charge in [0.15, 0.2) is 15.4 Å². The summed E-state index contributed by atoms with van der Waals surface area (Å²) in [5.41, 5.74) is -5.02. The van der Waals surface area contributed by atoms with Crippen molar-refractivity contribution in [2.24, 2.45) is 0 Å². The van der Waals surface area contributed by atoms with Gasteiger partial charge in [-0.25, -0.2) is 8.42 Å². The van der Waals surface area contributed by atoms with Gasteiger partial charge in [-0.05, 0) is 49.7 Å². The highest BCUT2D eigenvalue weighted by molar-refractivity contribution is 7.92. The molecule has 0 aliphatic carbocycles. The first-order valence-electron chi connectivity index (χ1n) is 8.83. The van der Waals surface area contributed by atoms with Gasteiger partial charge in [-0.3, -0.25) is 4.79 Å². The normalized spacial score (nSPS) is 14.0. The Labute approximate surface area is 182 Å². The molecule has 0 aliphatic rings. The summed E-state index contributed by atoms with van der Waals surface area (Å²) in [6, 6.07) is 9.03. The Kier molecular flexibility index (Phi) is 7.05. The lowest BCUT2D eigenvalue weighted by Crippen LogP contribution is -2.47. The van der Waals surface area contributed by atoms with E-state index >= 15 is 0 Å². The number of anilines is 1. The smallest absolute Gasteiger partial charge is 0.374 e. The van der Waals surface area contributed by atoms with E-state index in [9.17, 15) is 31.5 Å². The zero-order valence-corrected chi connectivity index (χ0v) is 17.9. The molecule has 0 aromatic heterocycles. The lowest BCUT2D eigenvalue weighted by molar-refractivity contribution is -0.138. The third-order valence-corrected chi connectivity index (χ3v) is 7.04.